The molecule has 0 spiro atoms. The van der Waals surface area contributed by atoms with Crippen LogP contribution in [0.2, 0.25) is 0 Å². The number of halogens is 1. The molecule has 0 aliphatic heterocycles. The lowest BCUT2D eigenvalue weighted by molar-refractivity contribution is 0.0559. The van der Waals surface area contributed by atoms with Gasteiger partial charge in [0.1, 0.15) is 5.69 Å². The summed E-state index contributed by atoms with van der Waals surface area (Å²) in [6.45, 7) is 0.194. The van der Waals surface area contributed by atoms with E-state index >= 15 is 0 Å². The lowest BCUT2D eigenvalue weighted by Gasteiger charge is -1.96. The number of ether oxygens (including phenoxy) is 2. The molecule has 2 aromatic rings. The van der Waals surface area contributed by atoms with Crippen molar-refractivity contribution in [1.82, 2.24) is 4.98 Å². The van der Waals surface area contributed by atoms with E-state index in [1.165, 1.54) is 25.6 Å². The number of esters is 1. The zero-order chi connectivity index (χ0) is 13.1. The van der Waals surface area contributed by atoms with Crippen LogP contribution in [0.4, 0.5) is 0 Å². The van der Waals surface area contributed by atoms with Gasteiger partial charge in [-0.1, -0.05) is 0 Å². The summed E-state index contributed by atoms with van der Waals surface area (Å²) in [4.78, 5) is 15.8. The largest absolute Gasteiger partial charge is 0.463 e. The van der Waals surface area contributed by atoms with E-state index in [9.17, 15) is 4.79 Å². The molecule has 0 unspecified atom stereocenters. The fourth-order valence-corrected chi connectivity index (χ4v) is 2.51. The molecule has 0 saturated heterocycles. The number of oxazole rings is 1. The van der Waals surface area contributed by atoms with Gasteiger partial charge in [0, 0.05) is 18.1 Å². The first-order chi connectivity index (χ1) is 8.65. The van der Waals surface area contributed by atoms with Gasteiger partial charge in [-0.05, 0) is 22.0 Å². The first-order valence-corrected chi connectivity index (χ1v) is 6.64. The van der Waals surface area contributed by atoms with E-state index in [1.807, 2.05) is 11.4 Å². The minimum absolute atomic E-state index is 0.0803. The Bertz CT molecular complexity index is 563. The fourth-order valence-electron chi connectivity index (χ4n) is 1.38. The predicted molar refractivity (Wildman–Crippen MR) is 69.6 cm³/mol. The number of methoxy groups -OCH3 is 2. The fraction of sp³-hybridized carbons (Fsp3) is 0.273. The van der Waals surface area contributed by atoms with E-state index in [2.05, 4.69) is 25.7 Å². The van der Waals surface area contributed by atoms with E-state index in [0.717, 1.165) is 9.35 Å². The summed E-state index contributed by atoms with van der Waals surface area (Å²) in [5, 5.41) is 1.88. The van der Waals surface area contributed by atoms with E-state index in [1.54, 1.807) is 0 Å². The van der Waals surface area contributed by atoms with Gasteiger partial charge in [-0.2, -0.15) is 0 Å². The Balaban J connectivity index is 2.41. The van der Waals surface area contributed by atoms with Crippen molar-refractivity contribution < 1.29 is 18.7 Å². The normalized spacial score (nSPS) is 10.6. The van der Waals surface area contributed by atoms with Crippen molar-refractivity contribution in [3.05, 3.63) is 26.7 Å². The Hall–Kier alpha value is -1.18. The molecule has 0 aromatic carbocycles. The third-order valence-corrected chi connectivity index (χ3v) is 3.67. The molecular formula is C11H10BrNO4S. The molecule has 0 aliphatic carbocycles. The molecule has 0 N–H and O–H groups in total. The van der Waals surface area contributed by atoms with Crippen molar-refractivity contribution in [2.75, 3.05) is 14.2 Å². The van der Waals surface area contributed by atoms with Crippen molar-refractivity contribution in [3.8, 4) is 11.5 Å². The first kappa shape index (κ1) is 13.3. The minimum Gasteiger partial charge on any atom is -0.463 e. The zero-order valence-electron chi connectivity index (χ0n) is 9.73. The van der Waals surface area contributed by atoms with Gasteiger partial charge in [0.2, 0.25) is 11.7 Å². The van der Waals surface area contributed by atoms with Crippen LogP contribution in [0.1, 0.15) is 16.2 Å². The van der Waals surface area contributed by atoms with Crippen LogP contribution >= 0.6 is 27.3 Å². The van der Waals surface area contributed by atoms with Crippen LogP contribution in [0.25, 0.3) is 11.5 Å². The highest BCUT2D eigenvalue weighted by molar-refractivity contribution is 9.11. The highest BCUT2D eigenvalue weighted by Gasteiger charge is 2.21. The average molecular weight is 332 g/mol. The number of nitrogens with zero attached hydrogens (tertiary/aromatic N) is 1. The van der Waals surface area contributed by atoms with Gasteiger partial charge >= 0.3 is 5.97 Å². The number of thiophene rings is 1. The Morgan fingerprint density at radius 2 is 2.33 bits per heavy atom. The van der Waals surface area contributed by atoms with Gasteiger partial charge in [0.05, 0.1) is 17.5 Å². The third kappa shape index (κ3) is 2.63. The van der Waals surface area contributed by atoms with Gasteiger partial charge in [0.25, 0.3) is 0 Å². The second kappa shape index (κ2) is 5.64. The molecular weight excluding hydrogens is 322 g/mol. The summed E-state index contributed by atoms with van der Waals surface area (Å²) in [6, 6.07) is 1.87. The maximum Gasteiger partial charge on any atom is 0.376 e. The molecule has 96 valence electrons. The number of hydrogen-bond acceptors (Lipinski definition) is 6. The molecule has 0 fully saturated rings. The second-order valence-corrected chi connectivity index (χ2v) is 5.65. The molecule has 0 aliphatic rings. The van der Waals surface area contributed by atoms with Gasteiger partial charge in [-0.15, -0.1) is 11.3 Å². The van der Waals surface area contributed by atoms with Crippen LogP contribution in [0.5, 0.6) is 0 Å². The molecule has 2 aromatic heterocycles. The van der Waals surface area contributed by atoms with Crippen molar-refractivity contribution in [1.29, 1.82) is 0 Å². The van der Waals surface area contributed by atoms with E-state index in [0.29, 0.717) is 11.6 Å². The number of carbonyl (C=O) groups is 1. The molecule has 5 nitrogen and oxygen atoms in total. The highest BCUT2D eigenvalue weighted by Crippen LogP contribution is 2.30. The van der Waals surface area contributed by atoms with Crippen molar-refractivity contribution >= 4 is 33.2 Å². The summed E-state index contributed by atoms with van der Waals surface area (Å²) in [7, 11) is 2.82. The molecule has 2 rings (SSSR count). The molecule has 0 saturated carbocycles. The predicted octanol–water partition coefficient (Wildman–Crippen LogP) is 3.10. The van der Waals surface area contributed by atoms with Crippen LogP contribution in [0.3, 0.4) is 0 Å². The molecule has 7 heteroatoms. The Morgan fingerprint density at radius 1 is 1.56 bits per heavy atom. The van der Waals surface area contributed by atoms with E-state index in [4.69, 9.17) is 9.15 Å². The maximum absolute atomic E-state index is 11.5. The average Bonchev–Trinajstić information content (AvgIpc) is 2.95. The molecule has 18 heavy (non-hydrogen) atoms. The van der Waals surface area contributed by atoms with Gasteiger partial charge in [0.15, 0.2) is 0 Å². The number of aromatic nitrogens is 1. The lowest BCUT2D eigenvalue weighted by Crippen LogP contribution is -2.04. The minimum atomic E-state index is -0.560. The summed E-state index contributed by atoms with van der Waals surface area (Å²) in [5.41, 5.74) is 1.24. The summed E-state index contributed by atoms with van der Waals surface area (Å²) in [5.74, 6) is -0.101. The van der Waals surface area contributed by atoms with Crippen molar-refractivity contribution in [2.24, 2.45) is 0 Å². The highest BCUT2D eigenvalue weighted by atomic mass is 79.9. The second-order valence-electron chi connectivity index (χ2n) is 3.36. The third-order valence-electron chi connectivity index (χ3n) is 2.16. The monoisotopic (exact) mass is 331 g/mol. The van der Waals surface area contributed by atoms with Crippen LogP contribution in [0, 0.1) is 0 Å². The Labute approximate surface area is 116 Å². The zero-order valence-corrected chi connectivity index (χ0v) is 12.1. The van der Waals surface area contributed by atoms with Crippen molar-refractivity contribution in [3.63, 3.8) is 0 Å². The summed E-state index contributed by atoms with van der Waals surface area (Å²) < 4.78 is 16.0. The van der Waals surface area contributed by atoms with Gasteiger partial charge in [-0.3, -0.25) is 0 Å². The topological polar surface area (TPSA) is 61.6 Å². The van der Waals surface area contributed by atoms with Crippen LogP contribution in [-0.4, -0.2) is 25.2 Å². The standard InChI is InChI=1S/C11H10BrNO4S/c1-15-4-7-9(11(14)16-2)17-10(13-7)6-3-8(12)18-5-6/h3,5H,4H2,1-2H3. The molecule has 0 bridgehead atoms. The van der Waals surface area contributed by atoms with Crippen molar-refractivity contribution in [2.45, 2.75) is 6.61 Å². The summed E-state index contributed by atoms with van der Waals surface area (Å²) in [6.07, 6.45) is 0. The van der Waals surface area contributed by atoms with Crippen LogP contribution in [-0.2, 0) is 16.1 Å². The maximum atomic E-state index is 11.5. The number of carbonyl (C=O) groups excluding carboxylic acids is 1. The Kier molecular flexibility index (Phi) is 4.15. The molecule has 2 heterocycles. The Morgan fingerprint density at radius 3 is 2.89 bits per heavy atom. The van der Waals surface area contributed by atoms with Gasteiger partial charge < -0.3 is 13.9 Å². The molecule has 0 radical (unpaired) electrons. The molecule has 0 atom stereocenters. The first-order valence-electron chi connectivity index (χ1n) is 4.97. The number of rotatable bonds is 4. The van der Waals surface area contributed by atoms with E-state index < -0.39 is 5.97 Å². The van der Waals surface area contributed by atoms with Crippen LogP contribution in [0.15, 0.2) is 19.6 Å². The smallest absolute Gasteiger partial charge is 0.376 e. The quantitative estimate of drug-likeness (QED) is 0.805. The lowest BCUT2D eigenvalue weighted by atomic mass is 10.3. The van der Waals surface area contributed by atoms with Gasteiger partial charge in [-0.25, -0.2) is 9.78 Å². The number of hydrogen-bond donors (Lipinski definition) is 0. The summed E-state index contributed by atoms with van der Waals surface area (Å²) >= 11 is 4.87. The van der Waals surface area contributed by atoms with Crippen LogP contribution < -0.4 is 0 Å². The van der Waals surface area contributed by atoms with E-state index in [-0.39, 0.29) is 12.4 Å². The SMILES string of the molecule is COCc1nc(-c2csc(Br)c2)oc1C(=O)OC. The molecule has 0 amide bonds.